The van der Waals surface area contributed by atoms with Crippen LogP contribution in [0.25, 0.3) is 0 Å². The molecule has 0 bridgehead atoms. The quantitative estimate of drug-likeness (QED) is 0.730. The first kappa shape index (κ1) is 21.5. The van der Waals surface area contributed by atoms with Gasteiger partial charge in [-0.05, 0) is 49.4 Å². The van der Waals surface area contributed by atoms with Gasteiger partial charge in [-0.25, -0.2) is 8.42 Å². The Kier molecular flexibility index (Phi) is 7.11. The van der Waals surface area contributed by atoms with Gasteiger partial charge in [-0.2, -0.15) is 4.72 Å². The molecule has 0 fully saturated rings. The highest BCUT2D eigenvalue weighted by molar-refractivity contribution is 7.89. The standard InChI is InChI=1S/C18H20Cl2N2O4S/c1-12(21-27(24,25)16-7-4-14(19)5-8-16)18(23)22(2)11-13-10-15(20)6-9-17(13)26-3/h4-10,12,21H,11H2,1-3H3/t12-/m0/s1. The first-order chi connectivity index (χ1) is 12.6. The number of halogens is 2. The fourth-order valence-electron chi connectivity index (χ4n) is 2.50. The molecule has 9 heteroatoms. The first-order valence-electron chi connectivity index (χ1n) is 7.99. The van der Waals surface area contributed by atoms with Crippen LogP contribution in [0.15, 0.2) is 47.4 Å². The maximum absolute atomic E-state index is 12.6. The zero-order valence-corrected chi connectivity index (χ0v) is 17.4. The van der Waals surface area contributed by atoms with E-state index >= 15 is 0 Å². The van der Waals surface area contributed by atoms with Gasteiger partial charge in [0.05, 0.1) is 18.0 Å². The van der Waals surface area contributed by atoms with Gasteiger partial charge in [0.25, 0.3) is 0 Å². The average molecular weight is 431 g/mol. The number of hydrogen-bond donors (Lipinski definition) is 1. The van der Waals surface area contributed by atoms with Crippen LogP contribution >= 0.6 is 23.2 Å². The summed E-state index contributed by atoms with van der Waals surface area (Å²) in [5.74, 6) is 0.197. The molecule has 2 rings (SSSR count). The lowest BCUT2D eigenvalue weighted by Gasteiger charge is -2.23. The molecule has 0 saturated heterocycles. The third kappa shape index (κ3) is 5.59. The fourth-order valence-corrected chi connectivity index (χ4v) is 4.02. The molecule has 0 aromatic heterocycles. The monoisotopic (exact) mass is 430 g/mol. The summed E-state index contributed by atoms with van der Waals surface area (Å²) in [5.41, 5.74) is 0.716. The molecule has 2 aromatic carbocycles. The normalized spacial score (nSPS) is 12.5. The SMILES string of the molecule is COc1ccc(Cl)cc1CN(C)C(=O)[C@H](C)NS(=O)(=O)c1ccc(Cl)cc1. The zero-order chi connectivity index (χ0) is 20.2. The van der Waals surface area contributed by atoms with Crippen molar-refractivity contribution in [2.75, 3.05) is 14.2 Å². The van der Waals surface area contributed by atoms with Crippen molar-refractivity contribution in [2.24, 2.45) is 0 Å². The Morgan fingerprint density at radius 3 is 2.33 bits per heavy atom. The lowest BCUT2D eigenvalue weighted by atomic mass is 10.2. The van der Waals surface area contributed by atoms with Crippen LogP contribution < -0.4 is 9.46 Å². The lowest BCUT2D eigenvalue weighted by molar-refractivity contribution is -0.131. The van der Waals surface area contributed by atoms with Gasteiger partial charge in [-0.3, -0.25) is 4.79 Å². The fraction of sp³-hybridized carbons (Fsp3) is 0.278. The van der Waals surface area contributed by atoms with Gasteiger partial charge in [0.15, 0.2) is 0 Å². The van der Waals surface area contributed by atoms with Gasteiger partial charge in [0.2, 0.25) is 15.9 Å². The lowest BCUT2D eigenvalue weighted by Crippen LogP contribution is -2.45. The first-order valence-corrected chi connectivity index (χ1v) is 10.2. The summed E-state index contributed by atoms with van der Waals surface area (Å²) < 4.78 is 32.5. The van der Waals surface area contributed by atoms with E-state index in [1.54, 1.807) is 25.2 Å². The summed E-state index contributed by atoms with van der Waals surface area (Å²) >= 11 is 11.8. The van der Waals surface area contributed by atoms with Gasteiger partial charge in [0, 0.05) is 29.2 Å². The molecule has 0 aliphatic heterocycles. The van der Waals surface area contributed by atoms with Crippen molar-refractivity contribution >= 4 is 39.1 Å². The van der Waals surface area contributed by atoms with E-state index in [-0.39, 0.29) is 11.4 Å². The molecule has 0 saturated carbocycles. The number of benzene rings is 2. The molecule has 0 unspecified atom stereocenters. The highest BCUT2D eigenvalue weighted by Crippen LogP contribution is 2.24. The minimum absolute atomic E-state index is 0.0331. The van der Waals surface area contributed by atoms with Gasteiger partial charge < -0.3 is 9.64 Å². The van der Waals surface area contributed by atoms with E-state index in [1.165, 1.54) is 43.2 Å². The molecule has 1 amide bonds. The van der Waals surface area contributed by atoms with E-state index in [0.29, 0.717) is 21.4 Å². The maximum atomic E-state index is 12.6. The Morgan fingerprint density at radius 1 is 1.15 bits per heavy atom. The molecule has 0 spiro atoms. The Bertz CT molecular complexity index is 917. The van der Waals surface area contributed by atoms with Crippen LogP contribution in [-0.4, -0.2) is 39.4 Å². The van der Waals surface area contributed by atoms with Crippen molar-refractivity contribution in [3.05, 3.63) is 58.1 Å². The van der Waals surface area contributed by atoms with Crippen molar-refractivity contribution in [1.82, 2.24) is 9.62 Å². The summed E-state index contributed by atoms with van der Waals surface area (Å²) in [7, 11) is -0.745. The summed E-state index contributed by atoms with van der Waals surface area (Å²) in [4.78, 5) is 14.0. The average Bonchev–Trinajstić information content (AvgIpc) is 2.61. The molecule has 1 N–H and O–H groups in total. The number of likely N-dealkylation sites (N-methyl/N-ethyl adjacent to an activating group) is 1. The second kappa shape index (κ2) is 8.93. The highest BCUT2D eigenvalue weighted by Gasteiger charge is 2.25. The van der Waals surface area contributed by atoms with Crippen LogP contribution in [0.2, 0.25) is 10.0 Å². The minimum Gasteiger partial charge on any atom is -0.496 e. The smallest absolute Gasteiger partial charge is 0.241 e. The summed E-state index contributed by atoms with van der Waals surface area (Å²) in [5, 5.41) is 0.941. The van der Waals surface area contributed by atoms with E-state index in [9.17, 15) is 13.2 Å². The number of hydrogen-bond acceptors (Lipinski definition) is 4. The van der Waals surface area contributed by atoms with Crippen LogP contribution in [0.1, 0.15) is 12.5 Å². The van der Waals surface area contributed by atoms with Crippen molar-refractivity contribution in [3.8, 4) is 5.75 Å². The van der Waals surface area contributed by atoms with Crippen LogP contribution in [-0.2, 0) is 21.4 Å². The Labute approximate surface area is 169 Å². The van der Waals surface area contributed by atoms with Crippen LogP contribution in [0, 0.1) is 0 Å². The van der Waals surface area contributed by atoms with Crippen molar-refractivity contribution < 1.29 is 17.9 Å². The molecule has 0 radical (unpaired) electrons. The van der Waals surface area contributed by atoms with Gasteiger partial charge in [-0.1, -0.05) is 23.2 Å². The number of carbonyl (C=O) groups excluding carboxylic acids is 1. The summed E-state index contributed by atoms with van der Waals surface area (Å²) in [6, 6.07) is 9.84. The van der Waals surface area contributed by atoms with E-state index in [4.69, 9.17) is 27.9 Å². The van der Waals surface area contributed by atoms with E-state index in [0.717, 1.165) is 0 Å². The molecular formula is C18H20Cl2N2O4S. The summed E-state index contributed by atoms with van der Waals surface area (Å²) in [6.07, 6.45) is 0. The molecule has 6 nitrogen and oxygen atoms in total. The number of sulfonamides is 1. The third-order valence-corrected chi connectivity index (χ3v) is 5.90. The Hall–Kier alpha value is -1.80. The minimum atomic E-state index is -3.85. The van der Waals surface area contributed by atoms with Crippen LogP contribution in [0.5, 0.6) is 5.75 Å². The van der Waals surface area contributed by atoms with Crippen molar-refractivity contribution in [3.63, 3.8) is 0 Å². The van der Waals surface area contributed by atoms with Crippen LogP contribution in [0.4, 0.5) is 0 Å². The molecule has 0 aliphatic carbocycles. The molecular weight excluding hydrogens is 411 g/mol. The maximum Gasteiger partial charge on any atom is 0.241 e. The Morgan fingerprint density at radius 2 is 1.74 bits per heavy atom. The number of carbonyl (C=O) groups is 1. The van der Waals surface area contributed by atoms with Crippen molar-refractivity contribution in [1.29, 1.82) is 0 Å². The number of amides is 1. The van der Waals surface area contributed by atoms with E-state index < -0.39 is 22.0 Å². The van der Waals surface area contributed by atoms with Gasteiger partial charge >= 0.3 is 0 Å². The van der Waals surface area contributed by atoms with Crippen LogP contribution in [0.3, 0.4) is 0 Å². The number of ether oxygens (including phenoxy) is 1. The topological polar surface area (TPSA) is 75.7 Å². The van der Waals surface area contributed by atoms with Gasteiger partial charge in [-0.15, -0.1) is 0 Å². The number of rotatable bonds is 7. The van der Waals surface area contributed by atoms with Crippen molar-refractivity contribution in [2.45, 2.75) is 24.4 Å². The van der Waals surface area contributed by atoms with Gasteiger partial charge in [0.1, 0.15) is 5.75 Å². The number of nitrogens with one attached hydrogen (secondary N) is 1. The predicted molar refractivity (Wildman–Crippen MR) is 106 cm³/mol. The van der Waals surface area contributed by atoms with E-state index in [2.05, 4.69) is 4.72 Å². The summed E-state index contributed by atoms with van der Waals surface area (Å²) in [6.45, 7) is 1.71. The highest BCUT2D eigenvalue weighted by atomic mass is 35.5. The molecule has 0 heterocycles. The van der Waals surface area contributed by atoms with E-state index in [1.807, 2.05) is 0 Å². The molecule has 2 aromatic rings. The molecule has 146 valence electrons. The second-order valence-corrected chi connectivity index (χ2v) is 8.53. The predicted octanol–water partition coefficient (Wildman–Crippen LogP) is 3.33. The number of nitrogens with zero attached hydrogens (tertiary/aromatic N) is 1. The second-order valence-electron chi connectivity index (χ2n) is 5.95. The number of methoxy groups -OCH3 is 1. The molecule has 0 aliphatic rings. The Balaban J connectivity index is 2.10. The largest absolute Gasteiger partial charge is 0.496 e. The molecule has 27 heavy (non-hydrogen) atoms. The zero-order valence-electron chi connectivity index (χ0n) is 15.1. The molecule has 1 atom stereocenters. The third-order valence-electron chi connectivity index (χ3n) is 3.85.